The Morgan fingerprint density at radius 2 is 2.00 bits per heavy atom. The summed E-state index contributed by atoms with van der Waals surface area (Å²) in [5.74, 6) is 1.63. The number of amides is 2. The SMILES string of the molecule is CC(C)c1ccc(NC(=O)NC2CC2C(C)C)cc1N. The molecule has 0 aromatic heterocycles. The Labute approximate surface area is 121 Å². The summed E-state index contributed by atoms with van der Waals surface area (Å²) in [7, 11) is 0. The van der Waals surface area contributed by atoms with Crippen molar-refractivity contribution in [2.45, 2.75) is 46.1 Å². The van der Waals surface area contributed by atoms with Gasteiger partial charge in [0.25, 0.3) is 0 Å². The average molecular weight is 275 g/mol. The van der Waals surface area contributed by atoms with Gasteiger partial charge in [0, 0.05) is 17.4 Å². The molecule has 1 aliphatic carbocycles. The number of nitrogens with one attached hydrogen (secondary N) is 2. The first kappa shape index (κ1) is 14.7. The van der Waals surface area contributed by atoms with Gasteiger partial charge in [0.2, 0.25) is 0 Å². The molecule has 4 heteroatoms. The van der Waals surface area contributed by atoms with Crippen molar-refractivity contribution in [1.82, 2.24) is 5.32 Å². The van der Waals surface area contributed by atoms with Crippen LogP contribution in [0.4, 0.5) is 16.2 Å². The van der Waals surface area contributed by atoms with E-state index in [1.807, 2.05) is 18.2 Å². The van der Waals surface area contributed by atoms with Gasteiger partial charge in [0.05, 0.1) is 0 Å². The summed E-state index contributed by atoms with van der Waals surface area (Å²) in [6, 6.07) is 5.88. The zero-order valence-electron chi connectivity index (χ0n) is 12.7. The predicted octanol–water partition coefficient (Wildman–Crippen LogP) is 3.56. The van der Waals surface area contributed by atoms with Crippen LogP contribution in [0.3, 0.4) is 0 Å². The Bertz CT molecular complexity index is 496. The fourth-order valence-corrected chi connectivity index (χ4v) is 2.63. The molecule has 4 N–H and O–H groups in total. The van der Waals surface area contributed by atoms with Gasteiger partial charge >= 0.3 is 6.03 Å². The Morgan fingerprint density at radius 3 is 2.50 bits per heavy atom. The summed E-state index contributed by atoms with van der Waals surface area (Å²) in [6.45, 7) is 8.58. The first-order valence-electron chi connectivity index (χ1n) is 7.35. The molecule has 110 valence electrons. The highest BCUT2D eigenvalue weighted by atomic mass is 16.2. The van der Waals surface area contributed by atoms with E-state index in [4.69, 9.17) is 5.73 Å². The summed E-state index contributed by atoms with van der Waals surface area (Å²) < 4.78 is 0. The molecule has 2 rings (SSSR count). The van der Waals surface area contributed by atoms with Crippen LogP contribution in [-0.2, 0) is 0 Å². The van der Waals surface area contributed by atoms with Crippen molar-refractivity contribution in [2.75, 3.05) is 11.1 Å². The maximum atomic E-state index is 11.9. The summed E-state index contributed by atoms with van der Waals surface area (Å²) in [5.41, 5.74) is 8.58. The molecule has 0 aliphatic heterocycles. The van der Waals surface area contributed by atoms with Gasteiger partial charge < -0.3 is 16.4 Å². The van der Waals surface area contributed by atoms with Gasteiger partial charge in [-0.05, 0) is 41.9 Å². The second kappa shape index (κ2) is 5.73. The lowest BCUT2D eigenvalue weighted by atomic mass is 10.0. The van der Waals surface area contributed by atoms with Crippen LogP contribution < -0.4 is 16.4 Å². The van der Waals surface area contributed by atoms with Crippen molar-refractivity contribution in [1.29, 1.82) is 0 Å². The maximum absolute atomic E-state index is 11.9. The molecule has 1 aromatic carbocycles. The van der Waals surface area contributed by atoms with E-state index in [1.54, 1.807) is 0 Å². The Morgan fingerprint density at radius 1 is 1.30 bits per heavy atom. The molecule has 0 bridgehead atoms. The standard InChI is InChI=1S/C16H25N3O/c1-9(2)12-6-5-11(7-14(12)17)18-16(20)19-15-8-13(15)10(3)4/h5-7,9-10,13,15H,8,17H2,1-4H3,(H2,18,19,20). The number of hydrogen-bond acceptors (Lipinski definition) is 2. The third kappa shape index (κ3) is 3.44. The van der Waals surface area contributed by atoms with Gasteiger partial charge in [0.1, 0.15) is 0 Å². The topological polar surface area (TPSA) is 67.2 Å². The highest BCUT2D eigenvalue weighted by molar-refractivity contribution is 5.90. The van der Waals surface area contributed by atoms with Crippen LogP contribution in [0.2, 0.25) is 0 Å². The summed E-state index contributed by atoms with van der Waals surface area (Å²) in [6.07, 6.45) is 1.08. The van der Waals surface area contributed by atoms with Crippen LogP contribution >= 0.6 is 0 Å². The molecule has 1 saturated carbocycles. The van der Waals surface area contributed by atoms with Gasteiger partial charge in [-0.1, -0.05) is 33.8 Å². The molecule has 20 heavy (non-hydrogen) atoms. The van der Waals surface area contributed by atoms with E-state index in [-0.39, 0.29) is 6.03 Å². The molecule has 0 heterocycles. The van der Waals surface area contributed by atoms with Crippen molar-refractivity contribution >= 4 is 17.4 Å². The van der Waals surface area contributed by atoms with Crippen molar-refractivity contribution in [2.24, 2.45) is 11.8 Å². The molecule has 2 amide bonds. The highest BCUT2D eigenvalue weighted by Crippen LogP contribution is 2.37. The molecule has 2 unspecified atom stereocenters. The minimum atomic E-state index is -0.144. The fraction of sp³-hybridized carbons (Fsp3) is 0.562. The summed E-state index contributed by atoms with van der Waals surface area (Å²) in [5, 5.41) is 5.85. The Balaban J connectivity index is 1.90. The van der Waals surface area contributed by atoms with E-state index in [1.165, 1.54) is 0 Å². The first-order chi connectivity index (χ1) is 9.38. The van der Waals surface area contributed by atoms with Gasteiger partial charge in [0.15, 0.2) is 0 Å². The van der Waals surface area contributed by atoms with E-state index >= 15 is 0 Å². The minimum absolute atomic E-state index is 0.144. The Kier molecular flexibility index (Phi) is 4.21. The maximum Gasteiger partial charge on any atom is 0.319 e. The molecule has 0 radical (unpaired) electrons. The third-order valence-corrected chi connectivity index (χ3v) is 3.98. The van der Waals surface area contributed by atoms with Crippen molar-refractivity contribution in [3.05, 3.63) is 23.8 Å². The summed E-state index contributed by atoms with van der Waals surface area (Å²) >= 11 is 0. The third-order valence-electron chi connectivity index (χ3n) is 3.98. The smallest absolute Gasteiger partial charge is 0.319 e. The minimum Gasteiger partial charge on any atom is -0.398 e. The van der Waals surface area contributed by atoms with E-state index in [0.717, 1.165) is 23.4 Å². The molecule has 2 atom stereocenters. The second-order valence-electron chi connectivity index (χ2n) is 6.35. The summed E-state index contributed by atoms with van der Waals surface area (Å²) in [4.78, 5) is 11.9. The Hall–Kier alpha value is -1.71. The van der Waals surface area contributed by atoms with Crippen molar-refractivity contribution in [3.63, 3.8) is 0 Å². The number of nitrogen functional groups attached to an aromatic ring is 1. The van der Waals surface area contributed by atoms with E-state index in [9.17, 15) is 4.79 Å². The molecule has 1 aromatic rings. The zero-order chi connectivity index (χ0) is 14.9. The van der Waals surface area contributed by atoms with Crippen LogP contribution in [0.1, 0.15) is 45.6 Å². The van der Waals surface area contributed by atoms with Gasteiger partial charge in [-0.2, -0.15) is 0 Å². The highest BCUT2D eigenvalue weighted by Gasteiger charge is 2.40. The van der Waals surface area contributed by atoms with Gasteiger partial charge in [-0.25, -0.2) is 4.79 Å². The van der Waals surface area contributed by atoms with Gasteiger partial charge in [-0.3, -0.25) is 0 Å². The van der Waals surface area contributed by atoms with Crippen molar-refractivity contribution in [3.8, 4) is 0 Å². The predicted molar refractivity (Wildman–Crippen MR) is 83.8 cm³/mol. The number of carbonyl (C=O) groups excluding carboxylic acids is 1. The monoisotopic (exact) mass is 275 g/mol. The number of carbonyl (C=O) groups is 1. The zero-order valence-corrected chi connectivity index (χ0v) is 12.7. The molecule has 1 aliphatic rings. The number of rotatable bonds is 4. The van der Waals surface area contributed by atoms with Crippen LogP contribution in [0, 0.1) is 11.8 Å². The fourth-order valence-electron chi connectivity index (χ4n) is 2.63. The van der Waals surface area contributed by atoms with Crippen molar-refractivity contribution < 1.29 is 4.79 Å². The van der Waals surface area contributed by atoms with Crippen LogP contribution in [0.5, 0.6) is 0 Å². The largest absolute Gasteiger partial charge is 0.398 e. The molecular weight excluding hydrogens is 250 g/mol. The normalized spacial score (nSPS) is 21.1. The second-order valence-corrected chi connectivity index (χ2v) is 6.35. The lowest BCUT2D eigenvalue weighted by Gasteiger charge is -2.12. The first-order valence-corrected chi connectivity index (χ1v) is 7.35. The number of anilines is 2. The van der Waals surface area contributed by atoms with E-state index < -0.39 is 0 Å². The molecular formula is C16H25N3O. The van der Waals surface area contributed by atoms with E-state index in [2.05, 4.69) is 38.3 Å². The number of urea groups is 1. The lowest BCUT2D eigenvalue weighted by Crippen LogP contribution is -2.32. The van der Waals surface area contributed by atoms with Gasteiger partial charge in [-0.15, -0.1) is 0 Å². The lowest BCUT2D eigenvalue weighted by molar-refractivity contribution is 0.251. The number of hydrogen-bond donors (Lipinski definition) is 3. The molecule has 4 nitrogen and oxygen atoms in total. The van der Waals surface area contributed by atoms with Crippen LogP contribution in [-0.4, -0.2) is 12.1 Å². The number of nitrogens with two attached hydrogens (primary N) is 1. The van der Waals surface area contributed by atoms with E-state index in [0.29, 0.717) is 23.8 Å². The van der Waals surface area contributed by atoms with Crippen LogP contribution in [0.15, 0.2) is 18.2 Å². The average Bonchev–Trinajstić information content (AvgIpc) is 3.07. The quantitative estimate of drug-likeness (QED) is 0.735. The number of benzene rings is 1. The molecule has 0 spiro atoms. The molecule has 1 fully saturated rings. The van der Waals surface area contributed by atoms with Crippen LogP contribution in [0.25, 0.3) is 0 Å². The molecule has 0 saturated heterocycles.